The minimum Gasteiger partial charge on any atom is -0.416 e. The first-order valence-electron chi connectivity index (χ1n) is 15.7. The molecule has 2 aromatic heterocycles. The zero-order valence-corrected chi connectivity index (χ0v) is 25.4. The molecule has 2 heterocycles. The Morgan fingerprint density at radius 2 is 1.06 bits per heavy atom. The van der Waals surface area contributed by atoms with Crippen LogP contribution in [0, 0.1) is 0 Å². The lowest BCUT2D eigenvalue weighted by Crippen LogP contribution is -2.10. The average Bonchev–Trinajstić information content (AvgIpc) is 3.77. The van der Waals surface area contributed by atoms with Crippen LogP contribution in [0.1, 0.15) is 0 Å². The van der Waals surface area contributed by atoms with Crippen molar-refractivity contribution in [2.75, 3.05) is 4.90 Å². The van der Waals surface area contributed by atoms with Crippen molar-refractivity contribution in [3.05, 3.63) is 170 Å². The third-order valence-corrected chi connectivity index (χ3v) is 8.76. The van der Waals surface area contributed by atoms with Crippen molar-refractivity contribution >= 4 is 49.6 Å². The summed E-state index contributed by atoms with van der Waals surface area (Å²) in [6.45, 7) is 0. The van der Waals surface area contributed by atoms with Gasteiger partial charge in [-0.1, -0.05) is 97.1 Å². The topological polar surface area (TPSA) is 47.1 Å². The van der Waals surface area contributed by atoms with Crippen molar-refractivity contribution in [1.82, 2.24) is 14.8 Å². The molecule has 9 rings (SSSR count). The van der Waals surface area contributed by atoms with Crippen LogP contribution in [0.5, 0.6) is 0 Å². The molecule has 222 valence electrons. The summed E-state index contributed by atoms with van der Waals surface area (Å²) in [5.74, 6) is 0.996. The van der Waals surface area contributed by atoms with Crippen molar-refractivity contribution in [2.24, 2.45) is 0 Å². The first kappa shape index (κ1) is 26.9. The maximum Gasteiger partial charge on any atom is 0.248 e. The second kappa shape index (κ2) is 11.2. The van der Waals surface area contributed by atoms with E-state index in [1.54, 1.807) is 0 Å². The molecule has 5 heteroatoms. The fourth-order valence-corrected chi connectivity index (χ4v) is 6.65. The van der Waals surface area contributed by atoms with Gasteiger partial charge in [0.25, 0.3) is 0 Å². The predicted octanol–water partition coefficient (Wildman–Crippen LogP) is 11.1. The number of aromatic nitrogens is 3. The quantitative estimate of drug-likeness (QED) is 0.189. The summed E-state index contributed by atoms with van der Waals surface area (Å²) in [6, 6.07) is 59.1. The molecule has 0 aliphatic heterocycles. The molecule has 0 aliphatic rings. The molecule has 7 aromatic carbocycles. The molecule has 9 aromatic rings. The highest BCUT2D eigenvalue weighted by atomic mass is 16.4. The van der Waals surface area contributed by atoms with E-state index < -0.39 is 0 Å². The van der Waals surface area contributed by atoms with Crippen molar-refractivity contribution in [1.29, 1.82) is 0 Å². The van der Waals surface area contributed by atoms with E-state index in [1.165, 1.54) is 21.8 Å². The van der Waals surface area contributed by atoms with Gasteiger partial charge in [-0.2, -0.15) is 0 Å². The van der Waals surface area contributed by atoms with Crippen LogP contribution in [0.15, 0.2) is 174 Å². The van der Waals surface area contributed by atoms with E-state index in [9.17, 15) is 0 Å². The van der Waals surface area contributed by atoms with Crippen LogP contribution in [0.4, 0.5) is 17.1 Å². The number of hydrogen-bond donors (Lipinski definition) is 0. The largest absolute Gasteiger partial charge is 0.416 e. The van der Waals surface area contributed by atoms with E-state index in [2.05, 4.69) is 159 Å². The number of benzene rings is 7. The number of para-hydroxylation sites is 3. The van der Waals surface area contributed by atoms with Gasteiger partial charge in [0, 0.05) is 44.3 Å². The van der Waals surface area contributed by atoms with E-state index in [-0.39, 0.29) is 0 Å². The number of hydrogen-bond acceptors (Lipinski definition) is 4. The van der Waals surface area contributed by atoms with Gasteiger partial charge in [0.05, 0.1) is 16.7 Å². The molecule has 47 heavy (non-hydrogen) atoms. The molecule has 0 bridgehead atoms. The third kappa shape index (κ3) is 4.56. The lowest BCUT2D eigenvalue weighted by molar-refractivity contribution is 0.585. The summed E-state index contributed by atoms with van der Waals surface area (Å²) in [7, 11) is 0. The van der Waals surface area contributed by atoms with Crippen molar-refractivity contribution in [2.45, 2.75) is 0 Å². The smallest absolute Gasteiger partial charge is 0.248 e. The van der Waals surface area contributed by atoms with E-state index >= 15 is 0 Å². The molecule has 0 saturated heterocycles. The molecule has 0 aliphatic carbocycles. The third-order valence-electron chi connectivity index (χ3n) is 8.76. The highest BCUT2D eigenvalue weighted by Crippen LogP contribution is 2.44. The standard InChI is InChI=1S/C42H28N4O/c1-4-14-29(15-5-1)41-43-44-42(47-41)36-25-27-39(34-21-11-10-20-33(34)36)45(30-16-6-2-7-17-30)32-24-26-40-37(28-32)35-22-12-13-23-38(35)46(40)31-18-8-3-9-19-31/h1-28H. The Labute approximate surface area is 271 Å². The van der Waals surface area contributed by atoms with Gasteiger partial charge in [0.2, 0.25) is 11.8 Å². The SMILES string of the molecule is c1ccc(-c2nnc(-c3ccc(N(c4ccccc4)c4ccc5c(c4)c4ccccc4n5-c4ccccc4)c4ccccc34)o2)cc1. The lowest BCUT2D eigenvalue weighted by Gasteiger charge is -2.27. The molecule has 0 amide bonds. The Hall–Kier alpha value is -6.46. The summed E-state index contributed by atoms with van der Waals surface area (Å²) in [6.07, 6.45) is 0. The van der Waals surface area contributed by atoms with Crippen LogP contribution in [0.3, 0.4) is 0 Å². The highest BCUT2D eigenvalue weighted by molar-refractivity contribution is 6.11. The van der Waals surface area contributed by atoms with Gasteiger partial charge in [-0.15, -0.1) is 10.2 Å². The van der Waals surface area contributed by atoms with Gasteiger partial charge in [0.15, 0.2) is 0 Å². The van der Waals surface area contributed by atoms with Gasteiger partial charge in [-0.05, 0) is 78.2 Å². The fourth-order valence-electron chi connectivity index (χ4n) is 6.65. The first-order chi connectivity index (χ1) is 23.3. The maximum atomic E-state index is 6.22. The molecule has 0 radical (unpaired) electrons. The molecule has 0 atom stereocenters. The molecule has 0 fully saturated rings. The number of fused-ring (bicyclic) bond motifs is 4. The van der Waals surface area contributed by atoms with Crippen molar-refractivity contribution in [3.63, 3.8) is 0 Å². The number of nitrogens with zero attached hydrogens (tertiary/aromatic N) is 4. The monoisotopic (exact) mass is 604 g/mol. The highest BCUT2D eigenvalue weighted by Gasteiger charge is 2.21. The van der Waals surface area contributed by atoms with Gasteiger partial charge < -0.3 is 13.9 Å². The molecule has 0 unspecified atom stereocenters. The number of anilines is 3. The lowest BCUT2D eigenvalue weighted by atomic mass is 10.0. The second-order valence-electron chi connectivity index (χ2n) is 11.5. The predicted molar refractivity (Wildman–Crippen MR) is 192 cm³/mol. The van der Waals surface area contributed by atoms with Crippen LogP contribution >= 0.6 is 0 Å². The zero-order valence-electron chi connectivity index (χ0n) is 25.4. The van der Waals surface area contributed by atoms with Crippen molar-refractivity contribution in [3.8, 4) is 28.6 Å². The van der Waals surface area contributed by atoms with E-state index in [4.69, 9.17) is 4.42 Å². The molecule has 5 nitrogen and oxygen atoms in total. The molecule has 0 spiro atoms. The van der Waals surface area contributed by atoms with Crippen molar-refractivity contribution < 1.29 is 4.42 Å². The molecular formula is C42H28N4O. The van der Waals surface area contributed by atoms with E-state index in [0.717, 1.165) is 44.6 Å². The zero-order chi connectivity index (χ0) is 31.2. The van der Waals surface area contributed by atoms with Crippen LogP contribution in [-0.4, -0.2) is 14.8 Å². The van der Waals surface area contributed by atoms with Gasteiger partial charge in [-0.25, -0.2) is 0 Å². The van der Waals surface area contributed by atoms with Crippen LogP contribution in [0.25, 0.3) is 61.2 Å². The Morgan fingerprint density at radius 3 is 1.85 bits per heavy atom. The average molecular weight is 605 g/mol. The Bertz CT molecular complexity index is 2520. The molecule has 0 saturated carbocycles. The summed E-state index contributed by atoms with van der Waals surface area (Å²) in [4.78, 5) is 2.34. The number of rotatable bonds is 6. The summed E-state index contributed by atoms with van der Waals surface area (Å²) in [5.41, 5.74) is 8.48. The van der Waals surface area contributed by atoms with Gasteiger partial charge in [-0.3, -0.25) is 0 Å². The van der Waals surface area contributed by atoms with Gasteiger partial charge >= 0.3 is 0 Å². The fraction of sp³-hybridized carbons (Fsp3) is 0. The second-order valence-corrected chi connectivity index (χ2v) is 11.5. The van der Waals surface area contributed by atoms with E-state index in [0.29, 0.717) is 11.8 Å². The van der Waals surface area contributed by atoms with Crippen LogP contribution in [-0.2, 0) is 0 Å². The summed E-state index contributed by atoms with van der Waals surface area (Å²) < 4.78 is 8.57. The summed E-state index contributed by atoms with van der Waals surface area (Å²) in [5, 5.41) is 13.4. The molecule has 0 N–H and O–H groups in total. The Kier molecular flexibility index (Phi) is 6.39. The summed E-state index contributed by atoms with van der Waals surface area (Å²) >= 11 is 0. The van der Waals surface area contributed by atoms with Crippen LogP contribution < -0.4 is 4.90 Å². The normalized spacial score (nSPS) is 11.4. The molecular weight excluding hydrogens is 576 g/mol. The Balaban J connectivity index is 1.24. The van der Waals surface area contributed by atoms with Crippen LogP contribution in [0.2, 0.25) is 0 Å². The van der Waals surface area contributed by atoms with E-state index in [1.807, 2.05) is 30.3 Å². The minimum absolute atomic E-state index is 0.494. The minimum atomic E-state index is 0.494. The first-order valence-corrected chi connectivity index (χ1v) is 15.7. The maximum absolute atomic E-state index is 6.22. The Morgan fingerprint density at radius 1 is 0.447 bits per heavy atom. The van der Waals surface area contributed by atoms with Gasteiger partial charge in [0.1, 0.15) is 0 Å².